The van der Waals surface area contributed by atoms with E-state index in [4.69, 9.17) is 5.11 Å². The van der Waals surface area contributed by atoms with Gasteiger partial charge in [0, 0.05) is 5.92 Å². The van der Waals surface area contributed by atoms with Crippen molar-refractivity contribution in [2.24, 2.45) is 5.92 Å². The van der Waals surface area contributed by atoms with Crippen LogP contribution in [0.1, 0.15) is 17.9 Å². The summed E-state index contributed by atoms with van der Waals surface area (Å²) in [6.07, 6.45) is 0.399. The van der Waals surface area contributed by atoms with Crippen LogP contribution in [0, 0.1) is 17.6 Å². The lowest BCUT2D eigenvalue weighted by molar-refractivity contribution is -0.138. The number of hydrogen-bond acceptors (Lipinski definition) is 1. The molecule has 2 rings (SSSR count). The van der Waals surface area contributed by atoms with Gasteiger partial charge < -0.3 is 5.11 Å². The third kappa shape index (κ3) is 1.36. The summed E-state index contributed by atoms with van der Waals surface area (Å²) in [5.74, 6) is -3.69. The lowest BCUT2D eigenvalue weighted by Crippen LogP contribution is -2.00. The van der Waals surface area contributed by atoms with E-state index < -0.39 is 23.5 Å². The van der Waals surface area contributed by atoms with Gasteiger partial charge in [-0.25, -0.2) is 8.78 Å². The van der Waals surface area contributed by atoms with Crippen molar-refractivity contribution in [3.63, 3.8) is 0 Å². The van der Waals surface area contributed by atoms with Gasteiger partial charge in [0.2, 0.25) is 0 Å². The Morgan fingerprint density at radius 2 is 2.14 bits per heavy atom. The van der Waals surface area contributed by atoms with E-state index in [0.29, 0.717) is 6.42 Å². The van der Waals surface area contributed by atoms with Crippen molar-refractivity contribution in [3.8, 4) is 0 Å². The van der Waals surface area contributed by atoms with Crippen LogP contribution in [0.25, 0.3) is 0 Å². The molecule has 2 atom stereocenters. The molecule has 0 bridgehead atoms. The second kappa shape index (κ2) is 3.04. The monoisotopic (exact) mass is 198 g/mol. The first-order valence-corrected chi connectivity index (χ1v) is 4.28. The van der Waals surface area contributed by atoms with Crippen LogP contribution in [-0.2, 0) is 4.79 Å². The summed E-state index contributed by atoms with van der Waals surface area (Å²) in [6, 6.07) is 3.86. The van der Waals surface area contributed by atoms with Crippen molar-refractivity contribution in [3.05, 3.63) is 35.4 Å². The molecular formula is C10H8F2O2. The zero-order valence-electron chi connectivity index (χ0n) is 7.21. The van der Waals surface area contributed by atoms with Crippen molar-refractivity contribution in [2.45, 2.75) is 12.3 Å². The molecule has 4 heteroatoms. The van der Waals surface area contributed by atoms with Gasteiger partial charge in [-0.15, -0.1) is 0 Å². The van der Waals surface area contributed by atoms with Crippen LogP contribution in [0.4, 0.5) is 8.78 Å². The number of carboxylic acid groups (broad SMARTS) is 1. The van der Waals surface area contributed by atoms with Gasteiger partial charge in [-0.05, 0) is 18.1 Å². The highest BCUT2D eigenvalue weighted by atomic mass is 19.2. The van der Waals surface area contributed by atoms with Crippen LogP contribution in [0.2, 0.25) is 0 Å². The van der Waals surface area contributed by atoms with E-state index in [1.807, 2.05) is 0 Å². The minimum atomic E-state index is -0.946. The molecule has 1 aromatic rings. The van der Waals surface area contributed by atoms with Gasteiger partial charge in [-0.2, -0.15) is 0 Å². The molecular weight excluding hydrogens is 190 g/mol. The number of aliphatic carboxylic acids is 1. The summed E-state index contributed by atoms with van der Waals surface area (Å²) in [4.78, 5) is 10.5. The van der Waals surface area contributed by atoms with Crippen molar-refractivity contribution >= 4 is 5.97 Å². The van der Waals surface area contributed by atoms with Crippen LogP contribution in [0.3, 0.4) is 0 Å². The van der Waals surface area contributed by atoms with E-state index in [1.54, 1.807) is 0 Å². The fraction of sp³-hybridized carbons (Fsp3) is 0.300. The molecule has 1 N–H and O–H groups in total. The van der Waals surface area contributed by atoms with E-state index in [1.165, 1.54) is 12.1 Å². The molecule has 14 heavy (non-hydrogen) atoms. The lowest BCUT2D eigenvalue weighted by atomic mass is 10.1. The van der Waals surface area contributed by atoms with Crippen LogP contribution < -0.4 is 0 Å². The first-order valence-electron chi connectivity index (χ1n) is 4.28. The number of hydrogen-bond donors (Lipinski definition) is 1. The molecule has 2 nitrogen and oxygen atoms in total. The Kier molecular flexibility index (Phi) is 1.98. The molecule has 1 fully saturated rings. The molecule has 0 amide bonds. The summed E-state index contributed by atoms with van der Waals surface area (Å²) in [7, 11) is 0. The molecule has 0 unspecified atom stereocenters. The predicted molar refractivity (Wildman–Crippen MR) is 44.8 cm³/mol. The maximum atomic E-state index is 13.2. The molecule has 0 aliphatic heterocycles. The molecule has 1 saturated carbocycles. The van der Waals surface area contributed by atoms with Gasteiger partial charge in [-0.1, -0.05) is 12.1 Å². The third-order valence-corrected chi connectivity index (χ3v) is 2.49. The lowest BCUT2D eigenvalue weighted by Gasteiger charge is -2.01. The van der Waals surface area contributed by atoms with Gasteiger partial charge in [-0.3, -0.25) is 4.79 Å². The predicted octanol–water partition coefficient (Wildman–Crippen LogP) is 2.15. The second-order valence-electron chi connectivity index (χ2n) is 3.43. The maximum Gasteiger partial charge on any atom is 0.307 e. The van der Waals surface area contributed by atoms with Gasteiger partial charge in [0.15, 0.2) is 11.6 Å². The van der Waals surface area contributed by atoms with Gasteiger partial charge in [0.1, 0.15) is 0 Å². The first-order chi connectivity index (χ1) is 6.61. The summed E-state index contributed by atoms with van der Waals surface area (Å²) in [5, 5.41) is 8.63. The molecule has 74 valence electrons. The average Bonchev–Trinajstić information content (AvgIpc) is 2.89. The van der Waals surface area contributed by atoms with E-state index in [2.05, 4.69) is 0 Å². The summed E-state index contributed by atoms with van der Waals surface area (Å²) in [6.45, 7) is 0. The zero-order valence-corrected chi connectivity index (χ0v) is 7.21. The Bertz CT molecular complexity index is 390. The van der Waals surface area contributed by atoms with Crippen molar-refractivity contribution in [1.82, 2.24) is 0 Å². The molecule has 1 aliphatic rings. The standard InChI is InChI=1S/C10H8F2O2/c11-8-3-1-2-5(9(8)12)6-4-7(6)10(13)14/h1-3,6-7H,4H2,(H,13,14)/t6-,7-/m0/s1. The number of rotatable bonds is 2. The highest BCUT2D eigenvalue weighted by Crippen LogP contribution is 2.48. The smallest absolute Gasteiger partial charge is 0.307 e. The highest BCUT2D eigenvalue weighted by Gasteiger charge is 2.45. The van der Waals surface area contributed by atoms with Crippen LogP contribution in [0.5, 0.6) is 0 Å². The van der Waals surface area contributed by atoms with Crippen LogP contribution >= 0.6 is 0 Å². The largest absolute Gasteiger partial charge is 0.481 e. The fourth-order valence-electron chi connectivity index (χ4n) is 1.62. The normalized spacial score (nSPS) is 24.7. The van der Waals surface area contributed by atoms with E-state index in [9.17, 15) is 13.6 Å². The minimum absolute atomic E-state index is 0.178. The summed E-state index contributed by atoms with van der Waals surface area (Å²) < 4.78 is 25.9. The van der Waals surface area contributed by atoms with E-state index in [0.717, 1.165) is 6.07 Å². The number of halogens is 2. The Labute approximate surface area is 79.2 Å². The highest BCUT2D eigenvalue weighted by molar-refractivity contribution is 5.75. The van der Waals surface area contributed by atoms with Gasteiger partial charge in [0.25, 0.3) is 0 Å². The van der Waals surface area contributed by atoms with E-state index >= 15 is 0 Å². The van der Waals surface area contributed by atoms with Crippen LogP contribution in [0.15, 0.2) is 18.2 Å². The Balaban J connectivity index is 2.27. The van der Waals surface area contributed by atoms with Crippen LogP contribution in [-0.4, -0.2) is 11.1 Å². The minimum Gasteiger partial charge on any atom is -0.481 e. The second-order valence-corrected chi connectivity index (χ2v) is 3.43. The molecule has 0 spiro atoms. The Morgan fingerprint density at radius 3 is 2.71 bits per heavy atom. The first kappa shape index (κ1) is 9.12. The molecule has 0 saturated heterocycles. The van der Waals surface area contributed by atoms with Gasteiger partial charge in [0.05, 0.1) is 5.92 Å². The molecule has 0 heterocycles. The Morgan fingerprint density at radius 1 is 1.43 bits per heavy atom. The van der Waals surface area contributed by atoms with Crippen molar-refractivity contribution in [2.75, 3.05) is 0 Å². The SMILES string of the molecule is O=C(O)[C@H]1C[C@H]1c1cccc(F)c1F. The van der Waals surface area contributed by atoms with E-state index in [-0.39, 0.29) is 11.5 Å². The maximum absolute atomic E-state index is 13.2. The average molecular weight is 198 g/mol. The number of carbonyl (C=O) groups is 1. The summed E-state index contributed by atoms with van der Waals surface area (Å²) >= 11 is 0. The molecule has 1 aromatic carbocycles. The number of benzene rings is 1. The summed E-state index contributed by atoms with van der Waals surface area (Å²) in [5.41, 5.74) is 0.178. The molecule has 0 radical (unpaired) electrons. The zero-order chi connectivity index (χ0) is 10.3. The quantitative estimate of drug-likeness (QED) is 0.790. The fourth-order valence-corrected chi connectivity index (χ4v) is 1.62. The third-order valence-electron chi connectivity index (χ3n) is 2.49. The molecule has 1 aliphatic carbocycles. The van der Waals surface area contributed by atoms with Crippen molar-refractivity contribution in [1.29, 1.82) is 0 Å². The molecule has 0 aromatic heterocycles. The Hall–Kier alpha value is -1.45. The topological polar surface area (TPSA) is 37.3 Å². The van der Waals surface area contributed by atoms with Crippen molar-refractivity contribution < 1.29 is 18.7 Å². The number of carboxylic acids is 1. The van der Waals surface area contributed by atoms with Gasteiger partial charge >= 0.3 is 5.97 Å².